The third-order valence-electron chi connectivity index (χ3n) is 6.07. The third-order valence-corrected chi connectivity index (χ3v) is 10.5. The first kappa shape index (κ1) is 22.1. The Morgan fingerprint density at radius 2 is 1.70 bits per heavy atom. The van der Waals surface area contributed by atoms with E-state index in [9.17, 15) is 18.0 Å². The van der Waals surface area contributed by atoms with E-state index in [1.807, 2.05) is 0 Å². The summed E-state index contributed by atoms with van der Waals surface area (Å²) in [4.78, 5) is 13.0. The highest BCUT2D eigenvalue weighted by atomic mass is 28.4. The minimum absolute atomic E-state index is 0.0303. The summed E-state index contributed by atoms with van der Waals surface area (Å²) >= 11 is 0. The van der Waals surface area contributed by atoms with Crippen LogP contribution in [0.3, 0.4) is 0 Å². The Hall–Kier alpha value is -1.14. The Morgan fingerprint density at radius 1 is 1.11 bits per heavy atom. The molecule has 2 rings (SSSR count). The van der Waals surface area contributed by atoms with Gasteiger partial charge in [-0.1, -0.05) is 46.1 Å². The van der Waals surface area contributed by atoms with Gasteiger partial charge in [-0.3, -0.25) is 4.79 Å². The van der Waals surface area contributed by atoms with Gasteiger partial charge >= 0.3 is 6.18 Å². The number of benzene rings is 1. The van der Waals surface area contributed by atoms with E-state index < -0.39 is 20.1 Å². The summed E-state index contributed by atoms with van der Waals surface area (Å²) < 4.78 is 45.8. The zero-order valence-electron chi connectivity index (χ0n) is 17.0. The highest BCUT2D eigenvalue weighted by molar-refractivity contribution is 6.74. The first-order valence-corrected chi connectivity index (χ1v) is 12.6. The van der Waals surface area contributed by atoms with E-state index >= 15 is 0 Å². The van der Waals surface area contributed by atoms with Crippen molar-refractivity contribution >= 4 is 14.1 Å². The molecule has 1 saturated carbocycles. The molecule has 0 unspecified atom stereocenters. The molecule has 0 aromatic heterocycles. The van der Waals surface area contributed by atoms with Crippen LogP contribution < -0.4 is 0 Å². The second-order valence-corrected chi connectivity index (χ2v) is 13.9. The van der Waals surface area contributed by atoms with Gasteiger partial charge in [-0.15, -0.1) is 0 Å². The number of rotatable bonds is 5. The molecule has 2 nitrogen and oxygen atoms in total. The average Bonchev–Trinajstić information content (AvgIpc) is 2.58. The zero-order chi connectivity index (χ0) is 20.5. The van der Waals surface area contributed by atoms with Crippen LogP contribution in [0.4, 0.5) is 13.2 Å². The minimum Gasteiger partial charge on any atom is -0.413 e. The quantitative estimate of drug-likeness (QED) is 0.393. The van der Waals surface area contributed by atoms with E-state index in [-0.39, 0.29) is 23.3 Å². The van der Waals surface area contributed by atoms with Gasteiger partial charge in [-0.2, -0.15) is 13.2 Å². The van der Waals surface area contributed by atoms with Crippen molar-refractivity contribution in [3.8, 4) is 0 Å². The Labute approximate surface area is 161 Å². The zero-order valence-corrected chi connectivity index (χ0v) is 18.0. The van der Waals surface area contributed by atoms with E-state index in [1.54, 1.807) is 0 Å². The van der Waals surface area contributed by atoms with Crippen LogP contribution in [-0.4, -0.2) is 14.1 Å². The summed E-state index contributed by atoms with van der Waals surface area (Å²) in [6, 6.07) is 3.47. The van der Waals surface area contributed by atoms with Crippen molar-refractivity contribution in [2.24, 2.45) is 5.92 Å². The lowest BCUT2D eigenvalue weighted by atomic mass is 9.82. The summed E-state index contributed by atoms with van der Waals surface area (Å²) in [7, 11) is -2.14. The maximum Gasteiger partial charge on any atom is 0.416 e. The summed E-state index contributed by atoms with van der Waals surface area (Å²) in [5.74, 6) is -0.112. The molecule has 1 fully saturated rings. The molecule has 0 heterocycles. The molecule has 1 aliphatic carbocycles. The SMILES string of the molecule is CC(C)(C)[Si](C)(C)OCc1cc(C(F)(F)F)ccc1C(=O)C1CCCCC1. The Bertz CT molecular complexity index is 669. The van der Waals surface area contributed by atoms with Gasteiger partial charge in [0.25, 0.3) is 0 Å². The van der Waals surface area contributed by atoms with Crippen LogP contribution in [0.1, 0.15) is 74.4 Å². The van der Waals surface area contributed by atoms with Gasteiger partial charge < -0.3 is 4.43 Å². The number of halogens is 3. The topological polar surface area (TPSA) is 26.3 Å². The van der Waals surface area contributed by atoms with Gasteiger partial charge in [-0.05, 0) is 48.7 Å². The number of hydrogen-bond donors (Lipinski definition) is 0. The number of Topliss-reactive ketones (excluding diaryl/α,β-unsaturated/α-hetero) is 1. The maximum absolute atomic E-state index is 13.2. The lowest BCUT2D eigenvalue weighted by Crippen LogP contribution is -2.40. The summed E-state index contributed by atoms with van der Waals surface area (Å²) in [5.41, 5.74) is 0.0374. The molecule has 1 aromatic rings. The molecule has 0 bridgehead atoms. The van der Waals surface area contributed by atoms with Crippen LogP contribution in [-0.2, 0) is 17.2 Å². The van der Waals surface area contributed by atoms with E-state index in [0.717, 1.165) is 44.2 Å². The fraction of sp³-hybridized carbons (Fsp3) is 0.667. The largest absolute Gasteiger partial charge is 0.416 e. The van der Waals surface area contributed by atoms with E-state index in [4.69, 9.17) is 4.43 Å². The summed E-state index contributed by atoms with van der Waals surface area (Å²) in [6.07, 6.45) is 0.348. The van der Waals surface area contributed by atoms with Crippen molar-refractivity contribution in [2.75, 3.05) is 0 Å². The Morgan fingerprint density at radius 3 is 2.22 bits per heavy atom. The van der Waals surface area contributed by atoms with Crippen LogP contribution in [0.5, 0.6) is 0 Å². The average molecular weight is 401 g/mol. The van der Waals surface area contributed by atoms with Crippen molar-refractivity contribution in [3.63, 3.8) is 0 Å². The predicted molar refractivity (Wildman–Crippen MR) is 104 cm³/mol. The lowest BCUT2D eigenvalue weighted by molar-refractivity contribution is -0.137. The highest BCUT2D eigenvalue weighted by Crippen LogP contribution is 2.38. The molecule has 27 heavy (non-hydrogen) atoms. The van der Waals surface area contributed by atoms with Crippen LogP contribution in [0.15, 0.2) is 18.2 Å². The molecule has 1 aliphatic rings. The number of carbonyl (C=O) groups is 1. The van der Waals surface area contributed by atoms with E-state index in [0.29, 0.717) is 11.1 Å². The Balaban J connectivity index is 2.34. The van der Waals surface area contributed by atoms with Crippen molar-refractivity contribution in [1.29, 1.82) is 0 Å². The van der Waals surface area contributed by atoms with Crippen LogP contribution in [0, 0.1) is 5.92 Å². The monoisotopic (exact) mass is 400 g/mol. The van der Waals surface area contributed by atoms with Crippen molar-refractivity contribution in [1.82, 2.24) is 0 Å². The molecule has 0 atom stereocenters. The normalized spacial score (nSPS) is 17.2. The second-order valence-electron chi connectivity index (χ2n) is 9.12. The number of carbonyl (C=O) groups excluding carboxylic acids is 1. The third kappa shape index (κ3) is 5.44. The fourth-order valence-corrected chi connectivity index (χ4v) is 4.14. The van der Waals surface area contributed by atoms with Crippen molar-refractivity contribution in [3.05, 3.63) is 34.9 Å². The van der Waals surface area contributed by atoms with Gasteiger partial charge in [0.05, 0.1) is 12.2 Å². The van der Waals surface area contributed by atoms with Gasteiger partial charge in [0.1, 0.15) is 0 Å². The minimum atomic E-state index is -4.43. The molecule has 6 heteroatoms. The Kier molecular flexibility index (Phi) is 6.62. The van der Waals surface area contributed by atoms with Gasteiger partial charge in [0.15, 0.2) is 14.1 Å². The standard InChI is InChI=1S/C21H31F3O2Si/c1-20(2,3)27(4,5)26-14-16-13-17(21(22,23)24)11-12-18(16)19(25)15-9-7-6-8-10-15/h11-13,15H,6-10,14H2,1-5H3. The highest BCUT2D eigenvalue weighted by Gasteiger charge is 2.38. The fourth-order valence-electron chi connectivity index (χ4n) is 3.19. The molecule has 0 spiro atoms. The predicted octanol–water partition coefficient (Wildman–Crippen LogP) is 6.99. The van der Waals surface area contributed by atoms with E-state index in [2.05, 4.69) is 33.9 Å². The maximum atomic E-state index is 13.2. The van der Waals surface area contributed by atoms with Gasteiger partial charge in [-0.25, -0.2) is 0 Å². The molecule has 0 radical (unpaired) electrons. The molecule has 1 aromatic carbocycles. The number of hydrogen-bond acceptors (Lipinski definition) is 2. The molecule has 0 N–H and O–H groups in total. The molecule has 152 valence electrons. The van der Waals surface area contributed by atoms with Crippen molar-refractivity contribution in [2.45, 2.75) is 83.8 Å². The number of alkyl halides is 3. The van der Waals surface area contributed by atoms with Crippen LogP contribution in [0.25, 0.3) is 0 Å². The number of ketones is 1. The lowest BCUT2D eigenvalue weighted by Gasteiger charge is -2.36. The first-order valence-electron chi connectivity index (χ1n) is 9.71. The van der Waals surface area contributed by atoms with Gasteiger partial charge in [0.2, 0.25) is 0 Å². The molecular weight excluding hydrogens is 369 g/mol. The molecule has 0 saturated heterocycles. The first-order chi connectivity index (χ1) is 12.3. The van der Waals surface area contributed by atoms with Crippen LogP contribution in [0.2, 0.25) is 18.1 Å². The summed E-state index contributed by atoms with van der Waals surface area (Å²) in [5, 5.41) is -0.0534. The van der Waals surface area contributed by atoms with Crippen molar-refractivity contribution < 1.29 is 22.4 Å². The second kappa shape index (κ2) is 8.07. The molecule has 0 aliphatic heterocycles. The summed E-state index contributed by atoms with van der Waals surface area (Å²) in [6.45, 7) is 10.4. The van der Waals surface area contributed by atoms with Crippen LogP contribution >= 0.6 is 0 Å². The smallest absolute Gasteiger partial charge is 0.413 e. The molecule has 0 amide bonds. The molecular formula is C21H31F3O2Si. The van der Waals surface area contributed by atoms with Gasteiger partial charge in [0, 0.05) is 11.5 Å². The van der Waals surface area contributed by atoms with E-state index in [1.165, 1.54) is 6.07 Å².